The molecule has 3 rings (SSSR count). The molecule has 0 radical (unpaired) electrons. The van der Waals surface area contributed by atoms with E-state index in [0.29, 0.717) is 6.54 Å². The summed E-state index contributed by atoms with van der Waals surface area (Å²) in [5.74, 6) is 0.919. The number of hydrogen-bond donors (Lipinski definition) is 0. The number of benzene rings is 2. The second kappa shape index (κ2) is 16.2. The second-order valence-corrected chi connectivity index (χ2v) is 11.2. The third-order valence-corrected chi connectivity index (χ3v) is 7.57. The first-order valence-electron chi connectivity index (χ1n) is 14.1. The summed E-state index contributed by atoms with van der Waals surface area (Å²) in [5, 5.41) is 0. The largest absolute Gasteiger partial charge is 0.494 e. The molecule has 3 aromatic rings. The number of anilines is 1. The number of amides is 1. The van der Waals surface area contributed by atoms with E-state index < -0.39 is 0 Å². The molecular weight excluding hydrogens is 476 g/mol. The molecule has 4 nitrogen and oxygen atoms in total. The van der Waals surface area contributed by atoms with Crippen LogP contribution >= 0.6 is 11.3 Å². The zero-order chi connectivity index (χ0) is 26.3. The van der Waals surface area contributed by atoms with Crippen LogP contribution in [0, 0.1) is 6.92 Å². The molecule has 0 saturated carbocycles. The van der Waals surface area contributed by atoms with Crippen LogP contribution in [0.4, 0.5) is 5.69 Å². The first-order chi connectivity index (χ1) is 18.0. The number of carbonyl (C=O) groups is 1. The van der Waals surface area contributed by atoms with Gasteiger partial charge in [0.15, 0.2) is 12.7 Å². The zero-order valence-electron chi connectivity index (χ0n) is 23.1. The molecule has 0 spiro atoms. The van der Waals surface area contributed by atoms with E-state index in [1.54, 1.807) is 18.3 Å². The lowest BCUT2D eigenvalue weighted by atomic mass is 10.1. The Hall–Kier alpha value is -2.66. The normalized spacial score (nSPS) is 11.0. The molecule has 0 fully saturated rings. The monoisotopic (exact) mass is 521 g/mol. The molecule has 0 aliphatic heterocycles. The van der Waals surface area contributed by atoms with Crippen LogP contribution in [0.25, 0.3) is 0 Å². The smallest absolute Gasteiger partial charge is 0.225 e. The van der Waals surface area contributed by atoms with Crippen LogP contribution in [0.2, 0.25) is 0 Å². The minimum Gasteiger partial charge on any atom is -0.494 e. The van der Waals surface area contributed by atoms with Crippen molar-refractivity contribution >= 4 is 22.9 Å². The molecule has 0 aliphatic rings. The van der Waals surface area contributed by atoms with Crippen LogP contribution in [-0.2, 0) is 17.9 Å². The first-order valence-corrected chi connectivity index (χ1v) is 15.0. The summed E-state index contributed by atoms with van der Waals surface area (Å²) >= 11 is 1.75. The van der Waals surface area contributed by atoms with Gasteiger partial charge in [0.05, 0.1) is 18.0 Å². The number of ether oxygens (including phenoxy) is 1. The molecular formula is C32H45N2O2S+. The van der Waals surface area contributed by atoms with E-state index in [2.05, 4.69) is 54.4 Å². The summed E-state index contributed by atoms with van der Waals surface area (Å²) in [6, 6.07) is 16.5. The molecule has 1 heterocycles. The molecule has 2 aromatic carbocycles. The van der Waals surface area contributed by atoms with Gasteiger partial charge in [-0.25, -0.2) is 0 Å². The summed E-state index contributed by atoms with van der Waals surface area (Å²) in [7, 11) is 0. The van der Waals surface area contributed by atoms with E-state index in [4.69, 9.17) is 4.74 Å². The Balaban J connectivity index is 1.42. The van der Waals surface area contributed by atoms with Crippen LogP contribution in [0.3, 0.4) is 0 Å². The Bertz CT molecular complexity index is 1060. The van der Waals surface area contributed by atoms with E-state index in [1.165, 1.54) is 68.2 Å². The number of unbranched alkanes of at least 4 members (excludes halogenated alkanes) is 9. The van der Waals surface area contributed by atoms with Crippen LogP contribution in [0.1, 0.15) is 94.1 Å². The number of nitrogens with zero attached hydrogens (tertiary/aromatic N) is 2. The highest BCUT2D eigenvalue weighted by Crippen LogP contribution is 2.21. The van der Waals surface area contributed by atoms with Crippen molar-refractivity contribution in [3.63, 3.8) is 0 Å². The molecule has 0 N–H and O–H groups in total. The van der Waals surface area contributed by atoms with Gasteiger partial charge >= 0.3 is 0 Å². The van der Waals surface area contributed by atoms with Gasteiger partial charge in [0.2, 0.25) is 11.4 Å². The summed E-state index contributed by atoms with van der Waals surface area (Å²) in [5.41, 5.74) is 5.34. The summed E-state index contributed by atoms with van der Waals surface area (Å²) in [6.45, 7) is 8.13. The van der Waals surface area contributed by atoms with E-state index >= 15 is 0 Å². The predicted molar refractivity (Wildman–Crippen MR) is 155 cm³/mol. The molecule has 0 bridgehead atoms. The fourth-order valence-corrected chi connectivity index (χ4v) is 5.23. The van der Waals surface area contributed by atoms with Crippen molar-refractivity contribution in [3.8, 4) is 5.75 Å². The van der Waals surface area contributed by atoms with Gasteiger partial charge in [-0.3, -0.25) is 4.79 Å². The van der Waals surface area contributed by atoms with Gasteiger partial charge in [-0.15, -0.1) is 0 Å². The molecule has 0 saturated heterocycles. The summed E-state index contributed by atoms with van der Waals surface area (Å²) < 4.78 is 8.23. The molecule has 200 valence electrons. The molecule has 1 amide bonds. The summed E-state index contributed by atoms with van der Waals surface area (Å²) in [4.78, 5) is 15.6. The van der Waals surface area contributed by atoms with Gasteiger partial charge in [0, 0.05) is 18.2 Å². The Morgan fingerprint density at radius 1 is 0.892 bits per heavy atom. The molecule has 1 aromatic heterocycles. The quantitative estimate of drug-likeness (QED) is 0.132. The standard InChI is InChI=1S/C32H45N2O2S/c1-4-5-6-7-8-9-10-11-12-13-21-36-32-16-14-15-30(22-32)25-34(28(3)35)31-19-17-29(18-20-31)24-33-23-27(2)37-26-33/h14-20,22-23,26H,4-13,21,24-25H2,1-3H3/q+1. The fraction of sp³-hybridized carbons (Fsp3) is 0.500. The van der Waals surface area contributed by atoms with E-state index in [0.717, 1.165) is 36.6 Å². The third-order valence-electron chi connectivity index (χ3n) is 6.72. The van der Waals surface area contributed by atoms with E-state index in [1.807, 2.05) is 29.2 Å². The Labute approximate surface area is 228 Å². The Morgan fingerprint density at radius 2 is 1.57 bits per heavy atom. The number of rotatable bonds is 17. The highest BCUT2D eigenvalue weighted by atomic mass is 32.1. The van der Waals surface area contributed by atoms with Crippen molar-refractivity contribution in [2.24, 2.45) is 0 Å². The lowest BCUT2D eigenvalue weighted by molar-refractivity contribution is -0.683. The van der Waals surface area contributed by atoms with Gasteiger partial charge < -0.3 is 9.64 Å². The van der Waals surface area contributed by atoms with Crippen molar-refractivity contribution in [2.75, 3.05) is 11.5 Å². The van der Waals surface area contributed by atoms with Gasteiger partial charge in [-0.2, -0.15) is 4.57 Å². The minimum atomic E-state index is 0.0345. The maximum absolute atomic E-state index is 12.5. The van der Waals surface area contributed by atoms with Crippen LogP contribution < -0.4 is 14.2 Å². The van der Waals surface area contributed by atoms with Gasteiger partial charge in [0.1, 0.15) is 5.75 Å². The average Bonchev–Trinajstić information content (AvgIpc) is 3.31. The Morgan fingerprint density at radius 3 is 2.19 bits per heavy atom. The first kappa shape index (κ1) is 28.9. The number of thiazole rings is 1. The van der Waals surface area contributed by atoms with Crippen LogP contribution in [0.15, 0.2) is 60.2 Å². The molecule has 0 aliphatic carbocycles. The zero-order valence-corrected chi connectivity index (χ0v) is 23.9. The van der Waals surface area contributed by atoms with E-state index in [9.17, 15) is 4.79 Å². The molecule has 37 heavy (non-hydrogen) atoms. The SMILES string of the molecule is CCCCCCCCCCCCOc1cccc(CN(C(C)=O)c2ccc(C[n+]3csc(C)c3)cc2)c1. The van der Waals surface area contributed by atoms with Crippen molar-refractivity contribution in [2.45, 2.75) is 98.1 Å². The predicted octanol–water partition coefficient (Wildman–Crippen LogP) is 8.25. The maximum Gasteiger partial charge on any atom is 0.225 e. The van der Waals surface area contributed by atoms with E-state index in [-0.39, 0.29) is 5.91 Å². The molecule has 0 unspecified atom stereocenters. The van der Waals surface area contributed by atoms with Gasteiger partial charge in [-0.1, -0.05) is 100 Å². The number of aryl methyl sites for hydroxylation is 1. The van der Waals surface area contributed by atoms with Crippen LogP contribution in [-0.4, -0.2) is 12.5 Å². The van der Waals surface area contributed by atoms with Crippen molar-refractivity contribution in [1.29, 1.82) is 0 Å². The fourth-order valence-electron chi connectivity index (χ4n) is 4.60. The molecule has 0 atom stereocenters. The van der Waals surface area contributed by atoms with Gasteiger partial charge in [-0.05, 0) is 43.2 Å². The Kier molecular flexibility index (Phi) is 12.7. The highest BCUT2D eigenvalue weighted by molar-refractivity contribution is 7.09. The third kappa shape index (κ3) is 10.7. The second-order valence-electron chi connectivity index (χ2n) is 10.1. The highest BCUT2D eigenvalue weighted by Gasteiger charge is 2.14. The topological polar surface area (TPSA) is 33.4 Å². The average molecular weight is 522 g/mol. The van der Waals surface area contributed by atoms with Crippen LogP contribution in [0.5, 0.6) is 5.75 Å². The van der Waals surface area contributed by atoms with Crippen molar-refractivity contribution in [3.05, 3.63) is 76.2 Å². The maximum atomic E-state index is 12.5. The van der Waals surface area contributed by atoms with Crippen molar-refractivity contribution in [1.82, 2.24) is 0 Å². The van der Waals surface area contributed by atoms with Crippen molar-refractivity contribution < 1.29 is 14.1 Å². The number of carbonyl (C=O) groups excluding carboxylic acids is 1. The number of aromatic nitrogens is 1. The lowest BCUT2D eigenvalue weighted by Gasteiger charge is -2.22. The number of hydrogen-bond acceptors (Lipinski definition) is 3. The molecule has 5 heteroatoms. The van der Waals surface area contributed by atoms with Gasteiger partial charge in [0.25, 0.3) is 0 Å². The minimum absolute atomic E-state index is 0.0345. The lowest BCUT2D eigenvalue weighted by Crippen LogP contribution is -2.31. The summed E-state index contributed by atoms with van der Waals surface area (Å²) in [6.07, 6.45) is 15.4.